The lowest BCUT2D eigenvalue weighted by atomic mass is 9.68. The zero-order chi connectivity index (χ0) is 17.7. The molecule has 1 saturated heterocycles. The molecule has 1 saturated carbocycles. The van der Waals surface area contributed by atoms with Crippen LogP contribution in [0.3, 0.4) is 0 Å². The molecule has 0 bridgehead atoms. The first kappa shape index (κ1) is 17.7. The van der Waals surface area contributed by atoms with Crippen molar-refractivity contribution in [2.24, 2.45) is 10.4 Å². The summed E-state index contributed by atoms with van der Waals surface area (Å²) in [5, 5.41) is 6.19. The van der Waals surface area contributed by atoms with E-state index < -0.39 is 0 Å². The zero-order valence-electron chi connectivity index (χ0n) is 15.3. The van der Waals surface area contributed by atoms with Crippen molar-refractivity contribution in [3.63, 3.8) is 0 Å². The molecule has 0 unspecified atom stereocenters. The van der Waals surface area contributed by atoms with E-state index >= 15 is 0 Å². The minimum Gasteiger partial charge on any atom is -0.357 e. The number of carbonyl (C=O) groups excluding carboxylic acids is 1. The predicted molar refractivity (Wildman–Crippen MR) is 101 cm³/mol. The molecule has 1 aromatic heterocycles. The molecule has 1 aromatic rings. The first-order valence-corrected chi connectivity index (χ1v) is 9.36. The van der Waals surface area contributed by atoms with Crippen molar-refractivity contribution in [1.29, 1.82) is 0 Å². The highest BCUT2D eigenvalue weighted by Gasteiger charge is 2.43. The molecule has 2 N–H and O–H groups in total. The monoisotopic (exact) mass is 343 g/mol. The molecule has 1 amide bonds. The Kier molecular flexibility index (Phi) is 5.56. The number of anilines is 1. The molecule has 3 rings (SSSR count). The van der Waals surface area contributed by atoms with Crippen LogP contribution in [-0.2, 0) is 4.79 Å². The van der Waals surface area contributed by atoms with Gasteiger partial charge in [-0.1, -0.05) is 12.5 Å². The molecule has 2 heterocycles. The lowest BCUT2D eigenvalue weighted by Gasteiger charge is -2.38. The van der Waals surface area contributed by atoms with Crippen molar-refractivity contribution in [3.05, 3.63) is 23.9 Å². The summed E-state index contributed by atoms with van der Waals surface area (Å²) < 4.78 is 0. The van der Waals surface area contributed by atoms with Gasteiger partial charge < -0.3 is 15.5 Å². The van der Waals surface area contributed by atoms with Crippen LogP contribution in [0.5, 0.6) is 0 Å². The quantitative estimate of drug-likeness (QED) is 0.637. The van der Waals surface area contributed by atoms with E-state index in [9.17, 15) is 4.79 Å². The minimum absolute atomic E-state index is 0.0483. The van der Waals surface area contributed by atoms with Gasteiger partial charge in [-0.3, -0.25) is 9.79 Å². The highest BCUT2D eigenvalue weighted by Crippen LogP contribution is 2.47. The van der Waals surface area contributed by atoms with E-state index in [0.717, 1.165) is 31.2 Å². The fraction of sp³-hybridized carbons (Fsp3) is 0.632. The maximum Gasteiger partial charge on any atom is 0.227 e. The molecule has 6 heteroatoms. The van der Waals surface area contributed by atoms with Crippen LogP contribution in [0.4, 0.5) is 5.82 Å². The van der Waals surface area contributed by atoms with Gasteiger partial charge in [-0.25, -0.2) is 4.98 Å². The fourth-order valence-electron chi connectivity index (χ4n) is 3.64. The van der Waals surface area contributed by atoms with Gasteiger partial charge in [0.25, 0.3) is 0 Å². The molecule has 0 radical (unpaired) electrons. The van der Waals surface area contributed by atoms with Crippen molar-refractivity contribution in [1.82, 2.24) is 15.2 Å². The van der Waals surface area contributed by atoms with Crippen LogP contribution >= 0.6 is 0 Å². The van der Waals surface area contributed by atoms with E-state index in [1.807, 2.05) is 19.1 Å². The number of guanidine groups is 1. The van der Waals surface area contributed by atoms with Crippen LogP contribution in [-0.4, -0.2) is 47.9 Å². The number of carbonyl (C=O) groups is 1. The third kappa shape index (κ3) is 4.50. The number of nitrogens with zero attached hydrogens (tertiary/aromatic N) is 3. The van der Waals surface area contributed by atoms with Gasteiger partial charge in [-0.05, 0) is 50.2 Å². The second kappa shape index (κ2) is 7.85. The minimum atomic E-state index is -0.0483. The molecular weight excluding hydrogens is 314 g/mol. The highest BCUT2D eigenvalue weighted by atomic mass is 16.1. The number of amides is 1. The summed E-state index contributed by atoms with van der Waals surface area (Å²) in [6.07, 6.45) is 7.47. The Morgan fingerprint density at radius 1 is 1.36 bits per heavy atom. The molecule has 136 valence electrons. The molecule has 6 nitrogen and oxygen atoms in total. The SMILES string of the molecule is CCNC(=NCCC(=O)Nc1ccc(C)cn1)N1CCC2(CCC2)C1. The van der Waals surface area contributed by atoms with Gasteiger partial charge in [0.1, 0.15) is 5.82 Å². The first-order chi connectivity index (χ1) is 12.1. The molecule has 0 atom stereocenters. The van der Waals surface area contributed by atoms with Crippen molar-refractivity contribution < 1.29 is 4.79 Å². The molecule has 1 spiro atoms. The van der Waals surface area contributed by atoms with E-state index in [0.29, 0.717) is 24.2 Å². The third-order valence-corrected chi connectivity index (χ3v) is 5.27. The van der Waals surface area contributed by atoms with Crippen LogP contribution in [0.25, 0.3) is 0 Å². The Labute approximate surface area is 150 Å². The Hall–Kier alpha value is -2.11. The lowest BCUT2D eigenvalue weighted by Crippen LogP contribution is -2.42. The maximum atomic E-state index is 12.1. The van der Waals surface area contributed by atoms with Crippen LogP contribution in [0.15, 0.2) is 23.3 Å². The smallest absolute Gasteiger partial charge is 0.227 e. The van der Waals surface area contributed by atoms with Crippen LogP contribution in [0.2, 0.25) is 0 Å². The number of hydrogen-bond acceptors (Lipinski definition) is 3. The molecule has 1 aliphatic heterocycles. The normalized spacial score (nSPS) is 19.0. The second-order valence-corrected chi connectivity index (χ2v) is 7.28. The number of aryl methyl sites for hydroxylation is 1. The van der Waals surface area contributed by atoms with Crippen molar-refractivity contribution in [2.75, 3.05) is 31.5 Å². The zero-order valence-corrected chi connectivity index (χ0v) is 15.3. The Balaban J connectivity index is 1.49. The third-order valence-electron chi connectivity index (χ3n) is 5.27. The standard InChI is InChI=1S/C19H29N5O/c1-3-20-18(24-12-10-19(14-24)8-4-9-19)21-11-7-17(25)23-16-6-5-15(2)13-22-16/h5-6,13H,3-4,7-12,14H2,1-2H3,(H,20,21)(H,22,23,25). The highest BCUT2D eigenvalue weighted by molar-refractivity contribution is 5.90. The average molecular weight is 343 g/mol. The summed E-state index contributed by atoms with van der Waals surface area (Å²) in [5.74, 6) is 1.50. The molecule has 2 aliphatic rings. The van der Waals surface area contributed by atoms with Gasteiger partial charge in [0.05, 0.1) is 6.54 Å². The van der Waals surface area contributed by atoms with Crippen LogP contribution in [0, 0.1) is 12.3 Å². The number of rotatable bonds is 5. The number of hydrogen-bond donors (Lipinski definition) is 2. The van der Waals surface area contributed by atoms with E-state index in [1.54, 1.807) is 6.20 Å². The van der Waals surface area contributed by atoms with Gasteiger partial charge >= 0.3 is 0 Å². The van der Waals surface area contributed by atoms with Crippen molar-refractivity contribution in [2.45, 2.75) is 46.0 Å². The Morgan fingerprint density at radius 2 is 2.20 bits per heavy atom. The van der Waals surface area contributed by atoms with E-state index in [1.165, 1.54) is 25.7 Å². The van der Waals surface area contributed by atoms with Gasteiger partial charge in [0.2, 0.25) is 5.91 Å². The van der Waals surface area contributed by atoms with Gasteiger partial charge in [-0.2, -0.15) is 0 Å². The number of pyridine rings is 1. The van der Waals surface area contributed by atoms with Crippen LogP contribution in [0.1, 0.15) is 44.6 Å². The second-order valence-electron chi connectivity index (χ2n) is 7.28. The number of aliphatic imine (C=N–C) groups is 1. The van der Waals surface area contributed by atoms with E-state index in [4.69, 9.17) is 0 Å². The number of nitrogens with one attached hydrogen (secondary N) is 2. The molecule has 0 aromatic carbocycles. The van der Waals surface area contributed by atoms with Crippen molar-refractivity contribution >= 4 is 17.7 Å². The Bertz CT molecular complexity index is 621. The van der Waals surface area contributed by atoms with E-state index in [2.05, 4.69) is 32.4 Å². The molecule has 25 heavy (non-hydrogen) atoms. The fourth-order valence-corrected chi connectivity index (χ4v) is 3.64. The summed E-state index contributed by atoms with van der Waals surface area (Å²) in [6, 6.07) is 3.76. The predicted octanol–water partition coefficient (Wildman–Crippen LogP) is 2.56. The number of aromatic nitrogens is 1. The largest absolute Gasteiger partial charge is 0.357 e. The lowest BCUT2D eigenvalue weighted by molar-refractivity contribution is -0.116. The van der Waals surface area contributed by atoms with Gasteiger partial charge in [0.15, 0.2) is 5.96 Å². The summed E-state index contributed by atoms with van der Waals surface area (Å²) in [5.41, 5.74) is 1.62. The van der Waals surface area contributed by atoms with Crippen LogP contribution < -0.4 is 10.6 Å². The summed E-state index contributed by atoms with van der Waals surface area (Å²) in [4.78, 5) is 23.3. The average Bonchev–Trinajstić information content (AvgIpc) is 3.02. The van der Waals surface area contributed by atoms with Crippen molar-refractivity contribution in [3.8, 4) is 0 Å². The van der Waals surface area contributed by atoms with E-state index in [-0.39, 0.29) is 5.91 Å². The summed E-state index contributed by atoms with van der Waals surface area (Å²) in [7, 11) is 0. The van der Waals surface area contributed by atoms with Gasteiger partial charge in [0, 0.05) is 32.3 Å². The van der Waals surface area contributed by atoms with Gasteiger partial charge in [-0.15, -0.1) is 0 Å². The summed E-state index contributed by atoms with van der Waals surface area (Å²) >= 11 is 0. The Morgan fingerprint density at radius 3 is 2.80 bits per heavy atom. The first-order valence-electron chi connectivity index (χ1n) is 9.36. The molecule has 2 fully saturated rings. The molecular formula is C19H29N5O. The topological polar surface area (TPSA) is 69.6 Å². The number of likely N-dealkylation sites (tertiary alicyclic amines) is 1. The maximum absolute atomic E-state index is 12.1. The molecule has 1 aliphatic carbocycles. The summed E-state index contributed by atoms with van der Waals surface area (Å²) in [6.45, 7) is 7.58.